The first-order valence-electron chi connectivity index (χ1n) is 26.0. The second-order valence-electron chi connectivity index (χ2n) is 19.7. The first-order valence-corrected chi connectivity index (χ1v) is 26.0. The molecule has 3 heteroatoms. The van der Waals surface area contributed by atoms with E-state index in [1.54, 1.807) is 0 Å². The van der Waals surface area contributed by atoms with Gasteiger partial charge in [-0.1, -0.05) is 200 Å². The zero-order chi connectivity index (χ0) is 51.0. The molecule has 76 heavy (non-hydrogen) atoms. The molecule has 0 radical (unpaired) electrons. The molecule has 13 rings (SSSR count). The molecule has 0 aliphatic heterocycles. The van der Waals surface area contributed by atoms with E-state index in [0.29, 0.717) is 0 Å². The van der Waals surface area contributed by atoms with Crippen LogP contribution in [0.3, 0.4) is 0 Å². The highest BCUT2D eigenvalue weighted by molar-refractivity contribution is 6.11. The van der Waals surface area contributed by atoms with Gasteiger partial charge in [0.05, 0.1) is 16.9 Å². The molecule has 3 aromatic heterocycles. The number of hydrogen-bond acceptors (Lipinski definition) is 3. The van der Waals surface area contributed by atoms with Crippen LogP contribution in [0.2, 0.25) is 0 Å². The Morgan fingerprint density at radius 3 is 1.08 bits per heavy atom. The van der Waals surface area contributed by atoms with E-state index in [4.69, 9.17) is 4.98 Å². The molecular formula is C73H51N3. The molecule has 3 heterocycles. The van der Waals surface area contributed by atoms with Crippen molar-refractivity contribution in [3.63, 3.8) is 0 Å². The second kappa shape index (κ2) is 19.9. The van der Waals surface area contributed by atoms with Crippen LogP contribution in [0.25, 0.3) is 133 Å². The van der Waals surface area contributed by atoms with E-state index >= 15 is 0 Å². The number of hydrogen-bond donors (Lipinski definition) is 0. The SMILES string of the molecule is Cc1ccnc(-c2ccc(-c3ccccc3-c3cc(-c4ccccc4-c4ccc(-c5cc(C)ccn5)cc4)cc(-c4ccccc4-c4ccc5c(ccc6c(-c7ccc(-c8ccccc8)cc7)ccnc65)c4)c3)cc2)c1. The number of aromatic nitrogens is 3. The highest BCUT2D eigenvalue weighted by atomic mass is 14.7. The Morgan fingerprint density at radius 2 is 0.592 bits per heavy atom. The smallest absolute Gasteiger partial charge is 0.0786 e. The average Bonchev–Trinajstić information content (AvgIpc) is 3.50. The molecule has 0 fully saturated rings. The third-order valence-electron chi connectivity index (χ3n) is 14.8. The Bertz CT molecular complexity index is 4120. The fourth-order valence-electron chi connectivity index (χ4n) is 10.9. The zero-order valence-corrected chi connectivity index (χ0v) is 42.3. The minimum Gasteiger partial charge on any atom is -0.256 e. The summed E-state index contributed by atoms with van der Waals surface area (Å²) in [7, 11) is 0. The van der Waals surface area contributed by atoms with E-state index in [9.17, 15) is 0 Å². The van der Waals surface area contributed by atoms with Crippen LogP contribution >= 0.6 is 0 Å². The van der Waals surface area contributed by atoms with Crippen molar-refractivity contribution in [3.8, 4) is 112 Å². The molecule has 358 valence electrons. The van der Waals surface area contributed by atoms with Crippen molar-refractivity contribution in [1.82, 2.24) is 15.0 Å². The fourth-order valence-corrected chi connectivity index (χ4v) is 10.9. The lowest BCUT2D eigenvalue weighted by atomic mass is 9.86. The molecule has 0 saturated heterocycles. The van der Waals surface area contributed by atoms with E-state index in [1.165, 1.54) is 44.5 Å². The van der Waals surface area contributed by atoms with Crippen molar-refractivity contribution in [3.05, 3.63) is 285 Å². The van der Waals surface area contributed by atoms with Gasteiger partial charge < -0.3 is 0 Å². The number of rotatable bonds is 10. The Hall–Kier alpha value is -9.83. The van der Waals surface area contributed by atoms with Crippen LogP contribution in [0.1, 0.15) is 11.1 Å². The third-order valence-corrected chi connectivity index (χ3v) is 14.8. The van der Waals surface area contributed by atoms with Crippen molar-refractivity contribution < 1.29 is 0 Å². The van der Waals surface area contributed by atoms with Gasteiger partial charge in [0.1, 0.15) is 0 Å². The Labute approximate surface area is 444 Å². The van der Waals surface area contributed by atoms with Crippen LogP contribution in [-0.4, -0.2) is 15.0 Å². The van der Waals surface area contributed by atoms with Crippen molar-refractivity contribution in [2.45, 2.75) is 13.8 Å². The molecule has 0 amide bonds. The number of pyridine rings is 3. The molecule has 0 aliphatic rings. The molecular weight excluding hydrogens is 919 g/mol. The van der Waals surface area contributed by atoms with Gasteiger partial charge in [-0.05, 0) is 174 Å². The van der Waals surface area contributed by atoms with Gasteiger partial charge in [0, 0.05) is 40.5 Å². The second-order valence-corrected chi connectivity index (χ2v) is 19.7. The van der Waals surface area contributed by atoms with E-state index in [1.807, 2.05) is 30.7 Å². The minimum absolute atomic E-state index is 0.975. The topological polar surface area (TPSA) is 38.7 Å². The van der Waals surface area contributed by atoms with Gasteiger partial charge in [0.15, 0.2) is 0 Å². The van der Waals surface area contributed by atoms with Gasteiger partial charge in [-0.15, -0.1) is 0 Å². The molecule has 10 aromatic carbocycles. The summed E-state index contributed by atoms with van der Waals surface area (Å²) in [4.78, 5) is 14.4. The first kappa shape index (κ1) is 46.0. The van der Waals surface area contributed by atoms with Gasteiger partial charge in [-0.3, -0.25) is 15.0 Å². The number of fused-ring (bicyclic) bond motifs is 3. The maximum atomic E-state index is 5.00. The predicted molar refractivity (Wildman–Crippen MR) is 319 cm³/mol. The lowest BCUT2D eigenvalue weighted by Gasteiger charge is -2.18. The largest absolute Gasteiger partial charge is 0.256 e. The Balaban J connectivity index is 0.924. The molecule has 0 unspecified atom stereocenters. The Morgan fingerprint density at radius 1 is 0.224 bits per heavy atom. The first-order chi connectivity index (χ1) is 37.5. The van der Waals surface area contributed by atoms with E-state index in [-0.39, 0.29) is 0 Å². The van der Waals surface area contributed by atoms with Crippen molar-refractivity contribution >= 4 is 21.7 Å². The van der Waals surface area contributed by atoms with Crippen LogP contribution in [0, 0.1) is 13.8 Å². The van der Waals surface area contributed by atoms with Crippen LogP contribution < -0.4 is 0 Å². The monoisotopic (exact) mass is 969 g/mol. The highest BCUT2D eigenvalue weighted by Crippen LogP contribution is 2.44. The van der Waals surface area contributed by atoms with Crippen LogP contribution in [0.15, 0.2) is 273 Å². The minimum atomic E-state index is 0.975. The molecule has 0 atom stereocenters. The lowest BCUT2D eigenvalue weighted by Crippen LogP contribution is -1.92. The highest BCUT2D eigenvalue weighted by Gasteiger charge is 2.18. The zero-order valence-electron chi connectivity index (χ0n) is 42.3. The molecule has 0 spiro atoms. The molecule has 0 aliphatic carbocycles. The van der Waals surface area contributed by atoms with Gasteiger partial charge in [0.2, 0.25) is 0 Å². The summed E-state index contributed by atoms with van der Waals surface area (Å²) in [5.41, 5.74) is 26.1. The average molecular weight is 970 g/mol. The standard InChI is InChI=1S/C73H51N3/c1-48-36-39-74-71(42-48)55-28-24-52(25-29-55)62-14-6-9-17-65(62)59-45-60(66-18-10-7-15-63(66)53-26-30-56(31-27-53)72-43-49(2)37-40-75-72)47-61(46-59)67-19-11-8-16-64(67)57-32-34-69-58(44-57)33-35-70-68(38-41-76-73(69)70)54-22-20-51(21-23-54)50-12-4-3-5-13-50/h3-47H,1-2H3. The molecule has 3 nitrogen and oxygen atoms in total. The number of benzene rings is 10. The summed E-state index contributed by atoms with van der Waals surface area (Å²) in [6.45, 7) is 4.22. The van der Waals surface area contributed by atoms with E-state index in [2.05, 4.69) is 266 Å². The van der Waals surface area contributed by atoms with Gasteiger partial charge >= 0.3 is 0 Å². The quantitative estimate of drug-likeness (QED) is 0.128. The Kier molecular flexibility index (Phi) is 12.0. The van der Waals surface area contributed by atoms with Gasteiger partial charge in [0.25, 0.3) is 0 Å². The van der Waals surface area contributed by atoms with E-state index < -0.39 is 0 Å². The lowest BCUT2D eigenvalue weighted by molar-refractivity contribution is 1.29. The summed E-state index contributed by atoms with van der Waals surface area (Å²) in [6.07, 6.45) is 5.71. The maximum absolute atomic E-state index is 5.00. The maximum Gasteiger partial charge on any atom is 0.0786 e. The van der Waals surface area contributed by atoms with Crippen molar-refractivity contribution in [2.24, 2.45) is 0 Å². The summed E-state index contributed by atoms with van der Waals surface area (Å²) in [6, 6.07) is 92.5. The van der Waals surface area contributed by atoms with Crippen molar-refractivity contribution in [1.29, 1.82) is 0 Å². The molecule has 0 N–H and O–H groups in total. The summed E-state index contributed by atoms with van der Waals surface area (Å²) in [5, 5.41) is 3.42. The third kappa shape index (κ3) is 8.95. The van der Waals surface area contributed by atoms with Gasteiger partial charge in [-0.2, -0.15) is 0 Å². The molecule has 0 bridgehead atoms. The summed E-state index contributed by atoms with van der Waals surface area (Å²) >= 11 is 0. The predicted octanol–water partition coefficient (Wildman–Crippen LogP) is 19.5. The van der Waals surface area contributed by atoms with Crippen LogP contribution in [0.5, 0.6) is 0 Å². The summed E-state index contributed by atoms with van der Waals surface area (Å²) < 4.78 is 0. The summed E-state index contributed by atoms with van der Waals surface area (Å²) in [5.74, 6) is 0. The molecule has 13 aromatic rings. The van der Waals surface area contributed by atoms with E-state index in [0.717, 1.165) is 99.8 Å². The number of aryl methyl sites for hydroxylation is 2. The normalized spacial score (nSPS) is 11.3. The molecule has 0 saturated carbocycles. The van der Waals surface area contributed by atoms with Gasteiger partial charge in [-0.25, -0.2) is 0 Å². The fraction of sp³-hybridized carbons (Fsp3) is 0.0274. The van der Waals surface area contributed by atoms with Crippen LogP contribution in [-0.2, 0) is 0 Å². The van der Waals surface area contributed by atoms with Crippen LogP contribution in [0.4, 0.5) is 0 Å². The number of nitrogens with zero attached hydrogens (tertiary/aromatic N) is 3. The van der Waals surface area contributed by atoms with Crippen molar-refractivity contribution in [2.75, 3.05) is 0 Å².